The molecule has 0 aromatic carbocycles. The molecule has 1 saturated heterocycles. The molecule has 7 nitrogen and oxygen atoms in total. The van der Waals surface area contributed by atoms with Crippen LogP contribution < -0.4 is 0 Å². The highest BCUT2D eigenvalue weighted by atomic mass is 32.2. The van der Waals surface area contributed by atoms with E-state index in [1.807, 2.05) is 19.1 Å². The van der Waals surface area contributed by atoms with Crippen LogP contribution in [0.3, 0.4) is 0 Å². The molecule has 3 rings (SSSR count). The topological polar surface area (TPSA) is 77.3 Å². The minimum atomic E-state index is -3.57. The molecular formula is C15H20N4O3S. The fraction of sp³-hybridized carbons (Fsp3) is 0.467. The van der Waals surface area contributed by atoms with Gasteiger partial charge in [0.2, 0.25) is 10.0 Å². The maximum atomic E-state index is 12.9. The number of pyridine rings is 1. The van der Waals surface area contributed by atoms with E-state index in [2.05, 4.69) is 10.1 Å². The second-order valence-electron chi connectivity index (χ2n) is 5.41. The standard InChI is InChI=1S/C15H20N4O3S/c1-3-19-12(2)15(10-17-19)23(20,21)18-8-9-22-14(11-18)13-4-6-16-7-5-13/h4-7,10,14H,3,8-9,11H2,1-2H3. The normalized spacial score (nSPS) is 19.8. The molecule has 1 aliphatic heterocycles. The molecule has 2 aromatic heterocycles. The van der Waals surface area contributed by atoms with Gasteiger partial charge in [0, 0.05) is 32.0 Å². The SMILES string of the molecule is CCn1ncc(S(=O)(=O)N2CCOC(c3ccncc3)C2)c1C. The molecule has 3 heterocycles. The summed E-state index contributed by atoms with van der Waals surface area (Å²) in [5.74, 6) is 0. The van der Waals surface area contributed by atoms with E-state index in [1.165, 1.54) is 10.5 Å². The Labute approximate surface area is 135 Å². The maximum absolute atomic E-state index is 12.9. The predicted octanol–water partition coefficient (Wildman–Crippen LogP) is 1.37. The minimum absolute atomic E-state index is 0.273. The number of aryl methyl sites for hydroxylation is 1. The van der Waals surface area contributed by atoms with Crippen molar-refractivity contribution < 1.29 is 13.2 Å². The molecule has 8 heteroatoms. The second-order valence-corrected chi connectivity index (χ2v) is 7.32. The van der Waals surface area contributed by atoms with Gasteiger partial charge in [-0.15, -0.1) is 0 Å². The molecule has 2 aromatic rings. The number of rotatable bonds is 4. The lowest BCUT2D eigenvalue weighted by Crippen LogP contribution is -2.42. The molecule has 0 saturated carbocycles. The summed E-state index contributed by atoms with van der Waals surface area (Å²) >= 11 is 0. The third-order valence-electron chi connectivity index (χ3n) is 4.08. The average molecular weight is 336 g/mol. The summed E-state index contributed by atoms with van der Waals surface area (Å²) in [6.45, 7) is 5.37. The first-order chi connectivity index (χ1) is 11.0. The summed E-state index contributed by atoms with van der Waals surface area (Å²) in [4.78, 5) is 4.25. The van der Waals surface area contributed by atoms with E-state index < -0.39 is 10.0 Å². The molecule has 0 aliphatic carbocycles. The zero-order valence-corrected chi connectivity index (χ0v) is 14.0. The first-order valence-electron chi connectivity index (χ1n) is 7.58. The van der Waals surface area contributed by atoms with E-state index >= 15 is 0 Å². The quantitative estimate of drug-likeness (QED) is 0.843. The van der Waals surface area contributed by atoms with Crippen LogP contribution in [0.25, 0.3) is 0 Å². The van der Waals surface area contributed by atoms with Crippen molar-refractivity contribution in [2.24, 2.45) is 0 Å². The second kappa shape index (κ2) is 6.38. The zero-order valence-electron chi connectivity index (χ0n) is 13.2. The Morgan fingerprint density at radius 1 is 1.35 bits per heavy atom. The van der Waals surface area contributed by atoms with Crippen molar-refractivity contribution in [2.75, 3.05) is 19.7 Å². The number of ether oxygens (including phenoxy) is 1. The molecule has 0 spiro atoms. The Kier molecular flexibility index (Phi) is 4.47. The largest absolute Gasteiger partial charge is 0.371 e. The Bertz CT molecular complexity index is 773. The molecule has 1 unspecified atom stereocenters. The number of hydrogen-bond donors (Lipinski definition) is 0. The summed E-state index contributed by atoms with van der Waals surface area (Å²) in [5, 5.41) is 4.14. The van der Waals surface area contributed by atoms with Crippen LogP contribution in [0.5, 0.6) is 0 Å². The number of morpholine rings is 1. The molecule has 1 fully saturated rings. The summed E-state index contributed by atoms with van der Waals surface area (Å²) in [6, 6.07) is 3.70. The molecule has 0 N–H and O–H groups in total. The number of hydrogen-bond acceptors (Lipinski definition) is 5. The van der Waals surface area contributed by atoms with Crippen LogP contribution in [0.4, 0.5) is 0 Å². The average Bonchev–Trinajstić information content (AvgIpc) is 2.97. The van der Waals surface area contributed by atoms with Gasteiger partial charge >= 0.3 is 0 Å². The van der Waals surface area contributed by atoms with Crippen LogP contribution in [-0.2, 0) is 21.3 Å². The van der Waals surface area contributed by atoms with E-state index in [4.69, 9.17) is 4.74 Å². The molecule has 1 atom stereocenters. The lowest BCUT2D eigenvalue weighted by Gasteiger charge is -2.32. The van der Waals surface area contributed by atoms with Crippen molar-refractivity contribution in [1.82, 2.24) is 19.1 Å². The van der Waals surface area contributed by atoms with E-state index in [0.717, 1.165) is 5.56 Å². The highest BCUT2D eigenvalue weighted by Crippen LogP contribution is 2.27. The van der Waals surface area contributed by atoms with Crippen molar-refractivity contribution in [2.45, 2.75) is 31.4 Å². The number of nitrogens with zero attached hydrogens (tertiary/aromatic N) is 4. The van der Waals surface area contributed by atoms with Gasteiger partial charge in [-0.05, 0) is 31.5 Å². The van der Waals surface area contributed by atoms with Gasteiger partial charge in [-0.25, -0.2) is 8.42 Å². The van der Waals surface area contributed by atoms with Gasteiger partial charge in [0.25, 0.3) is 0 Å². The molecule has 124 valence electrons. The highest BCUT2D eigenvalue weighted by molar-refractivity contribution is 7.89. The third-order valence-corrected chi connectivity index (χ3v) is 6.05. The Morgan fingerprint density at radius 3 is 2.74 bits per heavy atom. The van der Waals surface area contributed by atoms with Gasteiger partial charge in [-0.3, -0.25) is 9.67 Å². The first-order valence-corrected chi connectivity index (χ1v) is 9.02. The Balaban J connectivity index is 1.86. The van der Waals surface area contributed by atoms with E-state index in [-0.39, 0.29) is 11.0 Å². The fourth-order valence-electron chi connectivity index (χ4n) is 2.76. The smallest absolute Gasteiger partial charge is 0.246 e. The molecule has 23 heavy (non-hydrogen) atoms. The van der Waals surface area contributed by atoms with Gasteiger partial charge in [0.1, 0.15) is 4.90 Å². The maximum Gasteiger partial charge on any atom is 0.246 e. The molecule has 0 radical (unpaired) electrons. The highest BCUT2D eigenvalue weighted by Gasteiger charge is 2.33. The van der Waals surface area contributed by atoms with Gasteiger partial charge in [0.05, 0.1) is 24.6 Å². The van der Waals surface area contributed by atoms with Crippen LogP contribution >= 0.6 is 0 Å². The van der Waals surface area contributed by atoms with Crippen LogP contribution in [0.1, 0.15) is 24.3 Å². The van der Waals surface area contributed by atoms with E-state index in [9.17, 15) is 8.42 Å². The van der Waals surface area contributed by atoms with Crippen LogP contribution in [0.2, 0.25) is 0 Å². The van der Waals surface area contributed by atoms with Crippen molar-refractivity contribution in [1.29, 1.82) is 0 Å². The summed E-state index contributed by atoms with van der Waals surface area (Å²) in [6.07, 6.45) is 4.52. The van der Waals surface area contributed by atoms with Crippen molar-refractivity contribution in [3.05, 3.63) is 42.0 Å². The van der Waals surface area contributed by atoms with E-state index in [0.29, 0.717) is 31.9 Å². The Morgan fingerprint density at radius 2 is 2.09 bits per heavy atom. The zero-order chi connectivity index (χ0) is 16.4. The van der Waals surface area contributed by atoms with Crippen molar-refractivity contribution >= 4 is 10.0 Å². The number of aromatic nitrogens is 3. The minimum Gasteiger partial charge on any atom is -0.371 e. The third kappa shape index (κ3) is 3.01. The summed E-state index contributed by atoms with van der Waals surface area (Å²) in [5.41, 5.74) is 1.60. The molecule has 0 amide bonds. The van der Waals surface area contributed by atoms with Crippen LogP contribution in [0.15, 0.2) is 35.6 Å². The predicted molar refractivity (Wildman–Crippen MR) is 84.3 cm³/mol. The van der Waals surface area contributed by atoms with Crippen molar-refractivity contribution in [3.63, 3.8) is 0 Å². The van der Waals surface area contributed by atoms with Crippen LogP contribution in [0, 0.1) is 6.92 Å². The van der Waals surface area contributed by atoms with Gasteiger partial charge in [-0.2, -0.15) is 9.40 Å². The van der Waals surface area contributed by atoms with Crippen LogP contribution in [-0.4, -0.2) is 47.2 Å². The van der Waals surface area contributed by atoms with Crippen molar-refractivity contribution in [3.8, 4) is 0 Å². The Hall–Kier alpha value is -1.77. The summed E-state index contributed by atoms with van der Waals surface area (Å²) < 4.78 is 34.7. The molecular weight excluding hydrogens is 316 g/mol. The lowest BCUT2D eigenvalue weighted by atomic mass is 10.1. The monoisotopic (exact) mass is 336 g/mol. The van der Waals surface area contributed by atoms with Gasteiger partial charge in [-0.1, -0.05) is 0 Å². The molecule has 0 bridgehead atoms. The summed E-state index contributed by atoms with van der Waals surface area (Å²) in [7, 11) is -3.57. The van der Waals surface area contributed by atoms with E-state index in [1.54, 1.807) is 24.0 Å². The first kappa shape index (κ1) is 16.1. The number of sulfonamides is 1. The fourth-order valence-corrected chi connectivity index (χ4v) is 4.35. The lowest BCUT2D eigenvalue weighted by molar-refractivity contribution is -0.00261. The van der Waals surface area contributed by atoms with Gasteiger partial charge < -0.3 is 4.74 Å². The molecule has 1 aliphatic rings. The van der Waals surface area contributed by atoms with Gasteiger partial charge in [0.15, 0.2) is 0 Å².